The van der Waals surface area contributed by atoms with Crippen molar-refractivity contribution >= 4 is 0 Å². The van der Waals surface area contributed by atoms with Crippen LogP contribution in [0.25, 0.3) is 11.1 Å². The standard InChI is InChI=1S/C22H18O2/c1-3-18-15-19(13-14-21(18)23-2)20-11-7-8-12-22(20)24-16-17-9-5-4-6-10-17/h1,4-15H,16H2,2H3. The van der Waals surface area contributed by atoms with Gasteiger partial charge >= 0.3 is 0 Å². The molecule has 0 amide bonds. The Labute approximate surface area is 142 Å². The first-order chi connectivity index (χ1) is 11.8. The molecule has 0 atom stereocenters. The van der Waals surface area contributed by atoms with Crippen LogP contribution in [0.2, 0.25) is 0 Å². The van der Waals surface area contributed by atoms with Crippen molar-refractivity contribution in [3.8, 4) is 35.0 Å². The predicted octanol–water partition coefficient (Wildman–Crippen LogP) is 4.92. The van der Waals surface area contributed by atoms with Gasteiger partial charge in [0.1, 0.15) is 18.1 Å². The fourth-order valence-corrected chi connectivity index (χ4v) is 2.55. The Morgan fingerprint density at radius 1 is 0.875 bits per heavy atom. The fraction of sp³-hybridized carbons (Fsp3) is 0.0909. The molecule has 3 rings (SSSR count). The molecule has 0 heterocycles. The highest BCUT2D eigenvalue weighted by Gasteiger charge is 2.09. The van der Waals surface area contributed by atoms with Gasteiger partial charge in [-0.1, -0.05) is 60.5 Å². The van der Waals surface area contributed by atoms with Crippen LogP contribution in [0.4, 0.5) is 0 Å². The molecule has 0 bridgehead atoms. The van der Waals surface area contributed by atoms with E-state index in [1.54, 1.807) is 7.11 Å². The lowest BCUT2D eigenvalue weighted by Gasteiger charge is -2.13. The van der Waals surface area contributed by atoms with Crippen LogP contribution in [0.3, 0.4) is 0 Å². The molecule has 0 unspecified atom stereocenters. The summed E-state index contributed by atoms with van der Waals surface area (Å²) in [6.07, 6.45) is 5.58. The number of methoxy groups -OCH3 is 1. The number of para-hydroxylation sites is 1. The maximum absolute atomic E-state index is 6.02. The number of hydrogen-bond donors (Lipinski definition) is 0. The van der Waals surface area contributed by atoms with Crippen LogP contribution >= 0.6 is 0 Å². The van der Waals surface area contributed by atoms with Crippen LogP contribution < -0.4 is 9.47 Å². The highest BCUT2D eigenvalue weighted by molar-refractivity contribution is 5.73. The summed E-state index contributed by atoms with van der Waals surface area (Å²) in [5.41, 5.74) is 3.87. The van der Waals surface area contributed by atoms with E-state index >= 15 is 0 Å². The zero-order valence-electron chi connectivity index (χ0n) is 13.5. The van der Waals surface area contributed by atoms with Gasteiger partial charge in [0.2, 0.25) is 0 Å². The van der Waals surface area contributed by atoms with E-state index in [1.807, 2.05) is 72.8 Å². The topological polar surface area (TPSA) is 18.5 Å². The smallest absolute Gasteiger partial charge is 0.134 e. The van der Waals surface area contributed by atoms with E-state index in [4.69, 9.17) is 15.9 Å². The summed E-state index contributed by atoms with van der Waals surface area (Å²) in [6.45, 7) is 0.524. The van der Waals surface area contributed by atoms with Crippen molar-refractivity contribution in [1.29, 1.82) is 0 Å². The van der Waals surface area contributed by atoms with Crippen LogP contribution in [-0.4, -0.2) is 7.11 Å². The molecule has 0 fully saturated rings. The van der Waals surface area contributed by atoms with E-state index in [-0.39, 0.29) is 0 Å². The monoisotopic (exact) mass is 314 g/mol. The van der Waals surface area contributed by atoms with E-state index in [0.29, 0.717) is 12.4 Å². The van der Waals surface area contributed by atoms with Crippen molar-refractivity contribution < 1.29 is 9.47 Å². The second-order valence-corrected chi connectivity index (χ2v) is 5.33. The van der Waals surface area contributed by atoms with E-state index < -0.39 is 0 Å². The summed E-state index contributed by atoms with van der Waals surface area (Å²) in [7, 11) is 1.62. The highest BCUT2D eigenvalue weighted by atomic mass is 16.5. The highest BCUT2D eigenvalue weighted by Crippen LogP contribution is 2.33. The number of hydrogen-bond acceptors (Lipinski definition) is 2. The summed E-state index contributed by atoms with van der Waals surface area (Å²) in [4.78, 5) is 0. The second-order valence-electron chi connectivity index (χ2n) is 5.33. The van der Waals surface area contributed by atoms with Gasteiger partial charge in [-0.25, -0.2) is 0 Å². The molecular weight excluding hydrogens is 296 g/mol. The minimum Gasteiger partial charge on any atom is -0.495 e. The van der Waals surface area contributed by atoms with Gasteiger partial charge < -0.3 is 9.47 Å². The van der Waals surface area contributed by atoms with E-state index in [9.17, 15) is 0 Å². The summed E-state index contributed by atoms with van der Waals surface area (Å²) in [5.74, 6) is 4.19. The Hall–Kier alpha value is -3.18. The number of terminal acetylenes is 1. The van der Waals surface area contributed by atoms with Gasteiger partial charge in [0.25, 0.3) is 0 Å². The lowest BCUT2D eigenvalue weighted by Crippen LogP contribution is -1.97. The average molecular weight is 314 g/mol. The molecule has 0 aromatic heterocycles. The zero-order chi connectivity index (χ0) is 16.8. The quantitative estimate of drug-likeness (QED) is 0.622. The van der Waals surface area contributed by atoms with Crippen LogP contribution in [-0.2, 0) is 6.61 Å². The van der Waals surface area contributed by atoms with Gasteiger partial charge in [-0.05, 0) is 29.3 Å². The molecule has 0 N–H and O–H groups in total. The molecule has 0 saturated carbocycles. The van der Waals surface area contributed by atoms with E-state index in [2.05, 4.69) is 5.92 Å². The molecule has 3 aromatic rings. The first-order valence-corrected chi connectivity index (χ1v) is 7.72. The van der Waals surface area contributed by atoms with Gasteiger partial charge in [-0.2, -0.15) is 0 Å². The third-order valence-corrected chi connectivity index (χ3v) is 3.79. The van der Waals surface area contributed by atoms with Crippen molar-refractivity contribution in [3.63, 3.8) is 0 Å². The maximum atomic E-state index is 6.02. The minimum absolute atomic E-state index is 0.524. The lowest BCUT2D eigenvalue weighted by atomic mass is 10.0. The molecule has 0 radical (unpaired) electrons. The van der Waals surface area contributed by atoms with Gasteiger partial charge in [0, 0.05) is 5.56 Å². The normalized spacial score (nSPS) is 10.0. The fourth-order valence-electron chi connectivity index (χ4n) is 2.55. The van der Waals surface area contributed by atoms with Crippen LogP contribution in [0, 0.1) is 12.3 Å². The molecule has 118 valence electrons. The molecule has 0 saturated heterocycles. The third-order valence-electron chi connectivity index (χ3n) is 3.79. The predicted molar refractivity (Wildman–Crippen MR) is 97.1 cm³/mol. The van der Waals surface area contributed by atoms with Crippen molar-refractivity contribution in [3.05, 3.63) is 83.9 Å². The lowest BCUT2D eigenvalue weighted by molar-refractivity contribution is 0.307. The largest absolute Gasteiger partial charge is 0.495 e. The van der Waals surface area contributed by atoms with E-state index in [1.165, 1.54) is 0 Å². The second kappa shape index (κ2) is 7.39. The van der Waals surface area contributed by atoms with Crippen molar-refractivity contribution in [2.24, 2.45) is 0 Å². The average Bonchev–Trinajstić information content (AvgIpc) is 2.67. The third kappa shape index (κ3) is 3.42. The Morgan fingerprint density at radius 3 is 2.38 bits per heavy atom. The first kappa shape index (κ1) is 15.7. The number of benzene rings is 3. The van der Waals surface area contributed by atoms with Crippen molar-refractivity contribution in [2.45, 2.75) is 6.61 Å². The summed E-state index contributed by atoms with van der Waals surface area (Å²) in [5, 5.41) is 0. The molecular formula is C22H18O2. The van der Waals surface area contributed by atoms with Crippen molar-refractivity contribution in [2.75, 3.05) is 7.11 Å². The Balaban J connectivity index is 1.91. The van der Waals surface area contributed by atoms with E-state index in [0.717, 1.165) is 28.0 Å². The zero-order valence-corrected chi connectivity index (χ0v) is 13.5. The van der Waals surface area contributed by atoms with Crippen LogP contribution in [0.1, 0.15) is 11.1 Å². The van der Waals surface area contributed by atoms with Crippen molar-refractivity contribution in [1.82, 2.24) is 0 Å². The maximum Gasteiger partial charge on any atom is 0.134 e. The molecule has 24 heavy (non-hydrogen) atoms. The molecule has 0 aliphatic rings. The van der Waals surface area contributed by atoms with Crippen LogP contribution in [0.5, 0.6) is 11.5 Å². The molecule has 2 nitrogen and oxygen atoms in total. The van der Waals surface area contributed by atoms with Gasteiger partial charge in [-0.3, -0.25) is 0 Å². The molecule has 0 aliphatic carbocycles. The Bertz CT molecular complexity index is 861. The Kier molecular flexibility index (Phi) is 4.84. The van der Waals surface area contributed by atoms with Gasteiger partial charge in [-0.15, -0.1) is 6.42 Å². The summed E-state index contributed by atoms with van der Waals surface area (Å²) in [6, 6.07) is 23.9. The summed E-state index contributed by atoms with van der Waals surface area (Å²) >= 11 is 0. The van der Waals surface area contributed by atoms with Gasteiger partial charge in [0.15, 0.2) is 0 Å². The SMILES string of the molecule is C#Cc1cc(-c2ccccc2OCc2ccccc2)ccc1OC. The number of rotatable bonds is 5. The molecule has 0 aliphatic heterocycles. The van der Waals surface area contributed by atoms with Crippen LogP contribution in [0.15, 0.2) is 72.8 Å². The first-order valence-electron chi connectivity index (χ1n) is 7.72. The van der Waals surface area contributed by atoms with Gasteiger partial charge in [0.05, 0.1) is 12.7 Å². The molecule has 2 heteroatoms. The molecule has 3 aromatic carbocycles. The molecule has 0 spiro atoms. The number of ether oxygens (including phenoxy) is 2. The summed E-state index contributed by atoms with van der Waals surface area (Å²) < 4.78 is 11.3. The Morgan fingerprint density at radius 2 is 1.62 bits per heavy atom. The minimum atomic E-state index is 0.524.